The fourth-order valence-corrected chi connectivity index (χ4v) is 4.69. The van der Waals surface area contributed by atoms with Crippen molar-refractivity contribution in [3.8, 4) is 22.8 Å². The van der Waals surface area contributed by atoms with Crippen LogP contribution < -0.4 is 9.47 Å². The molecule has 0 fully saturated rings. The van der Waals surface area contributed by atoms with E-state index in [0.29, 0.717) is 21.5 Å². The summed E-state index contributed by atoms with van der Waals surface area (Å²) in [6.45, 7) is 0. The monoisotopic (exact) mass is 445 g/mol. The van der Waals surface area contributed by atoms with Crippen LogP contribution in [0.25, 0.3) is 16.2 Å². The van der Waals surface area contributed by atoms with Crippen molar-refractivity contribution >= 4 is 45.4 Å². The van der Waals surface area contributed by atoms with Crippen molar-refractivity contribution in [2.24, 2.45) is 0 Å². The smallest absolute Gasteiger partial charge is 0.217 e. The third-order valence-corrected chi connectivity index (χ3v) is 6.30. The molecule has 148 valence electrons. The standard InChI is InChI=1S/C20H16ClN3O3S2/c1-26-14-7-8-18(27-2)15(9-14)16-10-28-19-22-23-20(24(16)19)29-11-17(25)12-3-5-13(21)6-4-12/h3-10H,11H2,1-2H3. The van der Waals surface area contributed by atoms with Gasteiger partial charge in [0.15, 0.2) is 10.9 Å². The van der Waals surface area contributed by atoms with Gasteiger partial charge >= 0.3 is 0 Å². The number of carbonyl (C=O) groups excluding carboxylic acids is 1. The highest BCUT2D eigenvalue weighted by molar-refractivity contribution is 7.99. The van der Waals surface area contributed by atoms with Gasteiger partial charge in [0, 0.05) is 21.5 Å². The van der Waals surface area contributed by atoms with E-state index in [9.17, 15) is 4.79 Å². The molecule has 0 saturated heterocycles. The number of thioether (sulfide) groups is 1. The van der Waals surface area contributed by atoms with Crippen LogP contribution in [-0.4, -0.2) is 40.4 Å². The number of nitrogens with zero attached hydrogens (tertiary/aromatic N) is 3. The largest absolute Gasteiger partial charge is 0.497 e. The molecule has 2 aromatic carbocycles. The molecular weight excluding hydrogens is 430 g/mol. The van der Waals surface area contributed by atoms with Crippen LogP contribution in [-0.2, 0) is 0 Å². The van der Waals surface area contributed by atoms with E-state index < -0.39 is 0 Å². The Hall–Kier alpha value is -2.55. The van der Waals surface area contributed by atoms with E-state index in [1.54, 1.807) is 38.5 Å². The Morgan fingerprint density at radius 2 is 1.93 bits per heavy atom. The lowest BCUT2D eigenvalue weighted by Gasteiger charge is -2.10. The van der Waals surface area contributed by atoms with Gasteiger partial charge in [0.1, 0.15) is 11.5 Å². The van der Waals surface area contributed by atoms with Gasteiger partial charge in [-0.3, -0.25) is 9.20 Å². The zero-order valence-electron chi connectivity index (χ0n) is 15.6. The Kier molecular flexibility index (Phi) is 5.75. The van der Waals surface area contributed by atoms with E-state index in [4.69, 9.17) is 21.1 Å². The molecule has 4 aromatic rings. The second-order valence-corrected chi connectivity index (χ2v) is 8.22. The number of benzene rings is 2. The summed E-state index contributed by atoms with van der Waals surface area (Å²) in [6.07, 6.45) is 0. The molecule has 0 bridgehead atoms. The van der Waals surface area contributed by atoms with Crippen molar-refractivity contribution in [2.75, 3.05) is 20.0 Å². The summed E-state index contributed by atoms with van der Waals surface area (Å²) in [5.41, 5.74) is 2.36. The first-order valence-electron chi connectivity index (χ1n) is 8.57. The second kappa shape index (κ2) is 8.44. The lowest BCUT2D eigenvalue weighted by atomic mass is 10.1. The summed E-state index contributed by atoms with van der Waals surface area (Å²) in [5.74, 6) is 1.68. The number of halogens is 1. The number of rotatable bonds is 7. The van der Waals surface area contributed by atoms with Crippen molar-refractivity contribution in [3.63, 3.8) is 0 Å². The van der Waals surface area contributed by atoms with E-state index in [-0.39, 0.29) is 11.5 Å². The molecule has 2 heterocycles. The summed E-state index contributed by atoms with van der Waals surface area (Å²) in [6, 6.07) is 12.5. The van der Waals surface area contributed by atoms with Gasteiger partial charge in [-0.2, -0.15) is 0 Å². The van der Waals surface area contributed by atoms with E-state index in [1.165, 1.54) is 23.1 Å². The topological polar surface area (TPSA) is 65.7 Å². The van der Waals surface area contributed by atoms with E-state index in [2.05, 4.69) is 10.2 Å². The Morgan fingerprint density at radius 3 is 2.66 bits per heavy atom. The molecule has 0 atom stereocenters. The zero-order valence-corrected chi connectivity index (χ0v) is 18.0. The minimum atomic E-state index is -0.000780. The number of Topliss-reactive ketones (excluding diaryl/α,β-unsaturated/α-hetero) is 1. The molecule has 9 heteroatoms. The first kappa shape index (κ1) is 19.8. The second-order valence-electron chi connectivity index (χ2n) is 6.01. The van der Waals surface area contributed by atoms with Crippen LogP contribution in [0.15, 0.2) is 53.0 Å². The minimum absolute atomic E-state index is 0.000780. The predicted octanol–water partition coefficient (Wildman–Crippen LogP) is 5.10. The summed E-state index contributed by atoms with van der Waals surface area (Å²) in [4.78, 5) is 13.3. The Morgan fingerprint density at radius 1 is 1.14 bits per heavy atom. The molecule has 0 radical (unpaired) electrons. The minimum Gasteiger partial charge on any atom is -0.497 e. The molecule has 0 N–H and O–H groups in total. The number of ether oxygens (including phenoxy) is 2. The molecule has 0 aliphatic carbocycles. The van der Waals surface area contributed by atoms with Crippen LogP contribution in [0.5, 0.6) is 11.5 Å². The molecule has 0 unspecified atom stereocenters. The van der Waals surface area contributed by atoms with Crippen LogP contribution >= 0.6 is 34.7 Å². The molecule has 0 spiro atoms. The zero-order chi connectivity index (χ0) is 20.4. The van der Waals surface area contributed by atoms with E-state index in [0.717, 1.165) is 22.0 Å². The number of aromatic nitrogens is 3. The average Bonchev–Trinajstić information content (AvgIpc) is 3.34. The number of hydrogen-bond donors (Lipinski definition) is 0. The maximum Gasteiger partial charge on any atom is 0.217 e. The Bertz CT molecular complexity index is 1170. The van der Waals surface area contributed by atoms with Crippen LogP contribution in [0.1, 0.15) is 10.4 Å². The number of carbonyl (C=O) groups is 1. The molecule has 0 aliphatic rings. The molecule has 4 rings (SSSR count). The maximum absolute atomic E-state index is 12.5. The van der Waals surface area contributed by atoms with E-state index >= 15 is 0 Å². The first-order valence-corrected chi connectivity index (χ1v) is 10.8. The van der Waals surface area contributed by atoms with Crippen molar-refractivity contribution in [3.05, 3.63) is 58.4 Å². The van der Waals surface area contributed by atoms with E-state index in [1.807, 2.05) is 28.0 Å². The van der Waals surface area contributed by atoms with Crippen molar-refractivity contribution in [2.45, 2.75) is 5.16 Å². The first-order chi connectivity index (χ1) is 14.1. The van der Waals surface area contributed by atoms with Gasteiger partial charge < -0.3 is 9.47 Å². The molecule has 0 amide bonds. The maximum atomic E-state index is 12.5. The number of methoxy groups -OCH3 is 2. The van der Waals surface area contributed by atoms with Gasteiger partial charge in [0.05, 0.1) is 25.7 Å². The predicted molar refractivity (Wildman–Crippen MR) is 116 cm³/mol. The lowest BCUT2D eigenvalue weighted by Crippen LogP contribution is -2.03. The third-order valence-electron chi connectivity index (χ3n) is 4.30. The number of ketones is 1. The quantitative estimate of drug-likeness (QED) is 0.291. The highest BCUT2D eigenvalue weighted by Crippen LogP contribution is 2.37. The van der Waals surface area contributed by atoms with Crippen LogP contribution in [0.3, 0.4) is 0 Å². The van der Waals surface area contributed by atoms with Gasteiger partial charge in [-0.05, 0) is 42.5 Å². The Balaban J connectivity index is 1.65. The molecule has 0 aliphatic heterocycles. The highest BCUT2D eigenvalue weighted by atomic mass is 35.5. The SMILES string of the molecule is COc1ccc(OC)c(-c2csc3nnc(SCC(=O)c4ccc(Cl)cc4)n23)c1. The van der Waals surface area contributed by atoms with Crippen LogP contribution in [0, 0.1) is 0 Å². The molecule has 2 aromatic heterocycles. The molecule has 0 saturated carbocycles. The van der Waals surface area contributed by atoms with Gasteiger partial charge in [0.25, 0.3) is 0 Å². The van der Waals surface area contributed by atoms with Gasteiger partial charge in [-0.1, -0.05) is 23.4 Å². The van der Waals surface area contributed by atoms with Gasteiger partial charge in [0.2, 0.25) is 4.96 Å². The fourth-order valence-electron chi connectivity index (χ4n) is 2.84. The molecular formula is C20H16ClN3O3S2. The summed E-state index contributed by atoms with van der Waals surface area (Å²) < 4.78 is 12.8. The highest BCUT2D eigenvalue weighted by Gasteiger charge is 2.18. The fraction of sp³-hybridized carbons (Fsp3) is 0.150. The molecule has 6 nitrogen and oxygen atoms in total. The third kappa shape index (κ3) is 3.96. The summed E-state index contributed by atoms with van der Waals surface area (Å²) in [7, 11) is 3.25. The van der Waals surface area contributed by atoms with Crippen LogP contribution in [0.4, 0.5) is 0 Å². The van der Waals surface area contributed by atoms with Crippen molar-refractivity contribution < 1.29 is 14.3 Å². The van der Waals surface area contributed by atoms with Gasteiger partial charge in [-0.25, -0.2) is 0 Å². The summed E-state index contributed by atoms with van der Waals surface area (Å²) >= 11 is 8.71. The van der Waals surface area contributed by atoms with Gasteiger partial charge in [-0.15, -0.1) is 21.5 Å². The average molecular weight is 446 g/mol. The molecule has 29 heavy (non-hydrogen) atoms. The van der Waals surface area contributed by atoms with Crippen molar-refractivity contribution in [1.29, 1.82) is 0 Å². The Labute approximate surface area is 180 Å². The lowest BCUT2D eigenvalue weighted by molar-refractivity contribution is 0.102. The van der Waals surface area contributed by atoms with Crippen molar-refractivity contribution in [1.82, 2.24) is 14.6 Å². The summed E-state index contributed by atoms with van der Waals surface area (Å²) in [5, 5.41) is 11.7. The number of thiazole rings is 1. The van der Waals surface area contributed by atoms with Crippen LogP contribution in [0.2, 0.25) is 5.02 Å². The number of hydrogen-bond acceptors (Lipinski definition) is 7. The normalized spacial score (nSPS) is 11.0. The number of fused-ring (bicyclic) bond motifs is 1.